The number of nitrogens with one attached hydrogen (secondary N) is 1. The number of para-hydroxylation sites is 1. The van der Waals surface area contributed by atoms with Gasteiger partial charge in [-0.15, -0.1) is 0 Å². The molecule has 1 heterocycles. The Labute approximate surface area is 106 Å². The van der Waals surface area contributed by atoms with E-state index in [1.807, 2.05) is 30.3 Å². The Morgan fingerprint density at radius 1 is 1.11 bits per heavy atom. The summed E-state index contributed by atoms with van der Waals surface area (Å²) in [6.45, 7) is 0. The molecule has 5 nitrogen and oxygen atoms in total. The number of methoxy groups -OCH3 is 3. The van der Waals surface area contributed by atoms with Crippen LogP contribution in [-0.4, -0.2) is 31.5 Å². The van der Waals surface area contributed by atoms with Crippen LogP contribution in [0.5, 0.6) is 5.75 Å². The van der Waals surface area contributed by atoms with Crippen LogP contribution in [0, 0.1) is 0 Å². The van der Waals surface area contributed by atoms with Gasteiger partial charge in [0, 0.05) is 19.8 Å². The van der Waals surface area contributed by atoms with Gasteiger partial charge in [-0.2, -0.15) is 5.10 Å². The molecule has 0 amide bonds. The molecule has 1 aromatic heterocycles. The SMILES string of the molecule is COc1ccccc1-c1cc(C(OC)OC)[nH]n1. The average molecular weight is 248 g/mol. The van der Waals surface area contributed by atoms with Gasteiger partial charge in [0.2, 0.25) is 0 Å². The minimum Gasteiger partial charge on any atom is -0.496 e. The van der Waals surface area contributed by atoms with Gasteiger partial charge >= 0.3 is 0 Å². The maximum atomic E-state index is 5.31. The predicted molar refractivity (Wildman–Crippen MR) is 67.3 cm³/mol. The van der Waals surface area contributed by atoms with Gasteiger partial charge in [0.05, 0.1) is 18.5 Å². The lowest BCUT2D eigenvalue weighted by Crippen LogP contribution is -2.03. The Bertz CT molecular complexity index is 506. The molecule has 1 aromatic carbocycles. The van der Waals surface area contributed by atoms with Crippen molar-refractivity contribution in [1.82, 2.24) is 10.2 Å². The van der Waals surface area contributed by atoms with E-state index in [2.05, 4.69) is 10.2 Å². The number of benzene rings is 1. The molecule has 0 aliphatic rings. The van der Waals surface area contributed by atoms with Crippen molar-refractivity contribution < 1.29 is 14.2 Å². The number of ether oxygens (including phenoxy) is 3. The smallest absolute Gasteiger partial charge is 0.199 e. The molecule has 18 heavy (non-hydrogen) atoms. The van der Waals surface area contributed by atoms with E-state index < -0.39 is 6.29 Å². The highest BCUT2D eigenvalue weighted by Crippen LogP contribution is 2.29. The number of hydrogen-bond acceptors (Lipinski definition) is 4. The third-order valence-corrected chi connectivity index (χ3v) is 2.66. The maximum absolute atomic E-state index is 5.31. The van der Waals surface area contributed by atoms with Crippen molar-refractivity contribution >= 4 is 0 Å². The average Bonchev–Trinajstić information content (AvgIpc) is 2.89. The van der Waals surface area contributed by atoms with Crippen molar-refractivity contribution in [3.8, 4) is 17.0 Å². The van der Waals surface area contributed by atoms with Crippen molar-refractivity contribution in [2.45, 2.75) is 6.29 Å². The van der Waals surface area contributed by atoms with Crippen LogP contribution < -0.4 is 4.74 Å². The van der Waals surface area contributed by atoms with Crippen molar-refractivity contribution in [3.63, 3.8) is 0 Å². The lowest BCUT2D eigenvalue weighted by Gasteiger charge is -2.09. The second-order valence-electron chi connectivity index (χ2n) is 3.71. The third kappa shape index (κ3) is 2.37. The summed E-state index contributed by atoms with van der Waals surface area (Å²) in [6, 6.07) is 9.59. The predicted octanol–water partition coefficient (Wildman–Crippen LogP) is 2.38. The molecular weight excluding hydrogens is 232 g/mol. The number of hydrogen-bond donors (Lipinski definition) is 1. The van der Waals surface area contributed by atoms with Crippen molar-refractivity contribution in [2.24, 2.45) is 0 Å². The Morgan fingerprint density at radius 3 is 2.50 bits per heavy atom. The van der Waals surface area contributed by atoms with Gasteiger partial charge in [0.25, 0.3) is 0 Å². The molecule has 0 aliphatic carbocycles. The third-order valence-electron chi connectivity index (χ3n) is 2.66. The van der Waals surface area contributed by atoms with Crippen molar-refractivity contribution in [1.29, 1.82) is 0 Å². The topological polar surface area (TPSA) is 56.4 Å². The van der Waals surface area contributed by atoms with Crippen molar-refractivity contribution in [2.75, 3.05) is 21.3 Å². The largest absolute Gasteiger partial charge is 0.496 e. The van der Waals surface area contributed by atoms with Crippen LogP contribution in [0.1, 0.15) is 12.0 Å². The molecule has 0 unspecified atom stereocenters. The highest BCUT2D eigenvalue weighted by atomic mass is 16.7. The molecule has 0 saturated heterocycles. The molecule has 0 atom stereocenters. The maximum Gasteiger partial charge on any atom is 0.199 e. The first-order valence-corrected chi connectivity index (χ1v) is 5.54. The highest BCUT2D eigenvalue weighted by Gasteiger charge is 2.15. The normalized spacial score (nSPS) is 10.9. The first-order chi connectivity index (χ1) is 8.80. The van der Waals surface area contributed by atoms with E-state index in [-0.39, 0.29) is 0 Å². The fourth-order valence-electron chi connectivity index (χ4n) is 1.80. The number of rotatable bonds is 5. The van der Waals surface area contributed by atoms with E-state index in [1.54, 1.807) is 21.3 Å². The Morgan fingerprint density at radius 2 is 1.83 bits per heavy atom. The summed E-state index contributed by atoms with van der Waals surface area (Å²) in [5, 5.41) is 7.15. The highest BCUT2D eigenvalue weighted by molar-refractivity contribution is 5.67. The van der Waals surface area contributed by atoms with Crippen LogP contribution in [0.4, 0.5) is 0 Å². The van der Waals surface area contributed by atoms with Gasteiger partial charge < -0.3 is 14.2 Å². The molecule has 0 bridgehead atoms. The molecule has 0 aliphatic heterocycles. The molecular formula is C13H16N2O3. The van der Waals surface area contributed by atoms with Crippen LogP contribution in [0.15, 0.2) is 30.3 Å². The summed E-state index contributed by atoms with van der Waals surface area (Å²) < 4.78 is 15.6. The molecule has 0 fully saturated rings. The lowest BCUT2D eigenvalue weighted by atomic mass is 10.1. The summed E-state index contributed by atoms with van der Waals surface area (Å²) in [6.07, 6.45) is -0.444. The van der Waals surface area contributed by atoms with E-state index in [1.165, 1.54) is 0 Å². The fourth-order valence-corrected chi connectivity index (χ4v) is 1.80. The summed E-state index contributed by atoms with van der Waals surface area (Å²) >= 11 is 0. The first-order valence-electron chi connectivity index (χ1n) is 5.54. The standard InChI is InChI=1S/C13H16N2O3/c1-16-12-7-5-4-6-9(12)10-8-11(15-14-10)13(17-2)18-3/h4-8,13H,1-3H3,(H,14,15). The van der Waals surface area contributed by atoms with Crippen LogP contribution in [0.2, 0.25) is 0 Å². The molecule has 2 rings (SSSR count). The second kappa shape index (κ2) is 5.66. The Balaban J connectivity index is 2.34. The summed E-state index contributed by atoms with van der Waals surface area (Å²) in [5.41, 5.74) is 2.48. The van der Waals surface area contributed by atoms with E-state index in [9.17, 15) is 0 Å². The zero-order valence-corrected chi connectivity index (χ0v) is 10.6. The van der Waals surface area contributed by atoms with Gasteiger partial charge in [-0.1, -0.05) is 12.1 Å². The Hall–Kier alpha value is -1.85. The zero-order chi connectivity index (χ0) is 13.0. The molecule has 96 valence electrons. The second-order valence-corrected chi connectivity index (χ2v) is 3.71. The van der Waals surface area contributed by atoms with E-state index in [0.29, 0.717) is 0 Å². The molecule has 5 heteroatoms. The zero-order valence-electron chi connectivity index (χ0n) is 10.6. The van der Waals surface area contributed by atoms with Crippen LogP contribution >= 0.6 is 0 Å². The number of aromatic amines is 1. The van der Waals surface area contributed by atoms with Gasteiger partial charge in [-0.05, 0) is 18.2 Å². The van der Waals surface area contributed by atoms with Crippen LogP contribution in [-0.2, 0) is 9.47 Å². The fraction of sp³-hybridized carbons (Fsp3) is 0.308. The summed E-state index contributed by atoms with van der Waals surface area (Å²) in [5.74, 6) is 0.780. The lowest BCUT2D eigenvalue weighted by molar-refractivity contribution is -0.108. The van der Waals surface area contributed by atoms with Gasteiger partial charge in [0.15, 0.2) is 6.29 Å². The Kier molecular flexibility index (Phi) is 3.96. The van der Waals surface area contributed by atoms with Gasteiger partial charge in [0.1, 0.15) is 5.75 Å². The van der Waals surface area contributed by atoms with Crippen LogP contribution in [0.3, 0.4) is 0 Å². The molecule has 0 saturated carbocycles. The van der Waals surface area contributed by atoms with Gasteiger partial charge in [-0.3, -0.25) is 5.10 Å². The number of aromatic nitrogens is 2. The molecule has 1 N–H and O–H groups in total. The minimum atomic E-state index is -0.444. The van der Waals surface area contributed by atoms with E-state index in [0.717, 1.165) is 22.7 Å². The van der Waals surface area contributed by atoms with Gasteiger partial charge in [-0.25, -0.2) is 0 Å². The summed E-state index contributed by atoms with van der Waals surface area (Å²) in [4.78, 5) is 0. The number of nitrogens with zero attached hydrogens (tertiary/aromatic N) is 1. The summed E-state index contributed by atoms with van der Waals surface area (Å²) in [7, 11) is 4.80. The quantitative estimate of drug-likeness (QED) is 0.825. The van der Waals surface area contributed by atoms with E-state index in [4.69, 9.17) is 14.2 Å². The molecule has 0 spiro atoms. The minimum absolute atomic E-state index is 0.444. The molecule has 2 aromatic rings. The van der Waals surface area contributed by atoms with Crippen molar-refractivity contribution in [3.05, 3.63) is 36.0 Å². The first kappa shape index (κ1) is 12.6. The number of H-pyrrole nitrogens is 1. The monoisotopic (exact) mass is 248 g/mol. The van der Waals surface area contributed by atoms with E-state index >= 15 is 0 Å². The molecule has 0 radical (unpaired) electrons. The van der Waals surface area contributed by atoms with Crippen LogP contribution in [0.25, 0.3) is 11.3 Å².